The normalized spacial score (nSPS) is 22.4. The van der Waals surface area contributed by atoms with Crippen molar-refractivity contribution in [1.82, 2.24) is 20.2 Å². The molecule has 112 valence electrons. The molecule has 6 heteroatoms. The maximum Gasteiger partial charge on any atom is 0.182 e. The van der Waals surface area contributed by atoms with Crippen LogP contribution in [-0.2, 0) is 0 Å². The van der Waals surface area contributed by atoms with Crippen LogP contribution in [-0.4, -0.2) is 20.2 Å². The minimum absolute atomic E-state index is 0.294. The number of nitrogen functional groups attached to an aromatic ring is 1. The zero-order valence-electron chi connectivity index (χ0n) is 12.2. The Morgan fingerprint density at radius 1 is 1.24 bits per heavy atom. The van der Waals surface area contributed by atoms with E-state index in [0.717, 1.165) is 18.8 Å². The van der Waals surface area contributed by atoms with Gasteiger partial charge in [0, 0.05) is 11.3 Å². The van der Waals surface area contributed by atoms with Crippen molar-refractivity contribution in [3.8, 4) is 11.4 Å². The van der Waals surface area contributed by atoms with E-state index in [1.165, 1.54) is 31.4 Å². The topological polar surface area (TPSA) is 69.6 Å². The maximum atomic E-state index is 13.5. The van der Waals surface area contributed by atoms with Crippen LogP contribution in [0.25, 0.3) is 11.4 Å². The summed E-state index contributed by atoms with van der Waals surface area (Å²) in [6.07, 6.45) is 5.77. The number of tetrazole rings is 1. The number of hydrogen-bond acceptors (Lipinski definition) is 4. The van der Waals surface area contributed by atoms with Gasteiger partial charge in [0.15, 0.2) is 5.82 Å². The summed E-state index contributed by atoms with van der Waals surface area (Å²) in [7, 11) is 0. The van der Waals surface area contributed by atoms with Crippen LogP contribution in [0, 0.1) is 11.7 Å². The molecule has 3 rings (SSSR count). The molecular formula is C15H20FN5. The minimum atomic E-state index is -0.366. The highest BCUT2D eigenvalue weighted by molar-refractivity contribution is 5.61. The Morgan fingerprint density at radius 3 is 2.67 bits per heavy atom. The third kappa shape index (κ3) is 2.89. The first kappa shape index (κ1) is 14.0. The zero-order valence-corrected chi connectivity index (χ0v) is 12.2. The molecule has 0 atom stereocenters. The molecule has 2 N–H and O–H groups in total. The van der Waals surface area contributed by atoms with Crippen molar-refractivity contribution < 1.29 is 4.39 Å². The van der Waals surface area contributed by atoms with Gasteiger partial charge in [-0.1, -0.05) is 13.3 Å². The summed E-state index contributed by atoms with van der Waals surface area (Å²) in [5.74, 6) is 1.04. The molecule has 0 saturated heterocycles. The molecule has 0 spiro atoms. The van der Waals surface area contributed by atoms with Crippen LogP contribution in [0.2, 0.25) is 0 Å². The van der Waals surface area contributed by atoms with Gasteiger partial charge >= 0.3 is 0 Å². The van der Waals surface area contributed by atoms with Crippen molar-refractivity contribution in [3.63, 3.8) is 0 Å². The van der Waals surface area contributed by atoms with Gasteiger partial charge in [-0.3, -0.25) is 0 Å². The van der Waals surface area contributed by atoms with E-state index in [1.54, 1.807) is 6.07 Å². The first-order valence-corrected chi connectivity index (χ1v) is 7.51. The second-order valence-corrected chi connectivity index (χ2v) is 5.80. The lowest BCUT2D eigenvalue weighted by Crippen LogP contribution is -2.19. The average Bonchev–Trinajstić information content (AvgIpc) is 2.96. The molecule has 1 aromatic carbocycles. The average molecular weight is 289 g/mol. The standard InChI is InChI=1S/C15H20FN5/c1-2-10-3-5-14(6-4-10)21-15(18-19-20-21)11-7-12(16)9-13(17)8-11/h7-10,14H,2-6,17H2,1H3. The second-order valence-electron chi connectivity index (χ2n) is 5.80. The van der Waals surface area contributed by atoms with Crippen molar-refractivity contribution in [3.05, 3.63) is 24.0 Å². The highest BCUT2D eigenvalue weighted by atomic mass is 19.1. The summed E-state index contributed by atoms with van der Waals surface area (Å²) in [6, 6.07) is 4.73. The summed E-state index contributed by atoms with van der Waals surface area (Å²) in [6.45, 7) is 2.24. The van der Waals surface area contributed by atoms with E-state index in [-0.39, 0.29) is 5.82 Å². The lowest BCUT2D eigenvalue weighted by Gasteiger charge is -2.28. The lowest BCUT2D eigenvalue weighted by molar-refractivity contribution is 0.255. The first-order chi connectivity index (χ1) is 10.2. The van der Waals surface area contributed by atoms with Crippen molar-refractivity contribution in [2.45, 2.75) is 45.1 Å². The van der Waals surface area contributed by atoms with E-state index in [0.29, 0.717) is 23.1 Å². The van der Waals surface area contributed by atoms with Crippen molar-refractivity contribution in [2.75, 3.05) is 5.73 Å². The molecule has 1 heterocycles. The zero-order chi connectivity index (χ0) is 14.8. The molecule has 21 heavy (non-hydrogen) atoms. The van der Waals surface area contributed by atoms with Crippen LogP contribution < -0.4 is 5.73 Å². The SMILES string of the molecule is CCC1CCC(n2nnnc2-c2cc(N)cc(F)c2)CC1. The van der Waals surface area contributed by atoms with Gasteiger partial charge in [-0.15, -0.1) is 5.10 Å². The van der Waals surface area contributed by atoms with Crippen LogP contribution in [0.1, 0.15) is 45.1 Å². The van der Waals surface area contributed by atoms with Gasteiger partial charge in [-0.2, -0.15) is 0 Å². The number of aromatic nitrogens is 4. The molecule has 1 aromatic heterocycles. The van der Waals surface area contributed by atoms with Gasteiger partial charge < -0.3 is 5.73 Å². The number of anilines is 1. The monoisotopic (exact) mass is 289 g/mol. The number of hydrogen-bond donors (Lipinski definition) is 1. The molecule has 0 radical (unpaired) electrons. The summed E-state index contributed by atoms with van der Waals surface area (Å²) in [5, 5.41) is 12.0. The maximum absolute atomic E-state index is 13.5. The van der Waals surface area contributed by atoms with E-state index in [4.69, 9.17) is 5.73 Å². The highest BCUT2D eigenvalue weighted by Gasteiger charge is 2.25. The van der Waals surface area contributed by atoms with E-state index in [9.17, 15) is 4.39 Å². The fourth-order valence-corrected chi connectivity index (χ4v) is 3.17. The Morgan fingerprint density at radius 2 is 2.00 bits per heavy atom. The van der Waals surface area contributed by atoms with E-state index >= 15 is 0 Å². The Labute approximate surface area is 123 Å². The Balaban J connectivity index is 1.87. The minimum Gasteiger partial charge on any atom is -0.399 e. The molecular weight excluding hydrogens is 269 g/mol. The number of rotatable bonds is 3. The first-order valence-electron chi connectivity index (χ1n) is 7.51. The smallest absolute Gasteiger partial charge is 0.182 e. The lowest BCUT2D eigenvalue weighted by atomic mass is 9.84. The largest absolute Gasteiger partial charge is 0.399 e. The molecule has 1 saturated carbocycles. The van der Waals surface area contributed by atoms with Crippen LogP contribution in [0.3, 0.4) is 0 Å². The molecule has 0 amide bonds. The summed E-state index contributed by atoms with van der Waals surface area (Å²) in [4.78, 5) is 0. The number of nitrogens with zero attached hydrogens (tertiary/aromatic N) is 4. The predicted molar refractivity (Wildman–Crippen MR) is 78.9 cm³/mol. The molecule has 5 nitrogen and oxygen atoms in total. The van der Waals surface area contributed by atoms with Crippen molar-refractivity contribution in [1.29, 1.82) is 0 Å². The van der Waals surface area contributed by atoms with Crippen LogP contribution in [0.5, 0.6) is 0 Å². The van der Waals surface area contributed by atoms with Crippen LogP contribution in [0.15, 0.2) is 18.2 Å². The predicted octanol–water partition coefficient (Wildman–Crippen LogP) is 3.20. The highest BCUT2D eigenvalue weighted by Crippen LogP contribution is 2.35. The number of benzene rings is 1. The Hall–Kier alpha value is -1.98. The van der Waals surface area contributed by atoms with Crippen molar-refractivity contribution >= 4 is 5.69 Å². The van der Waals surface area contributed by atoms with Gasteiger partial charge in [-0.25, -0.2) is 9.07 Å². The Kier molecular flexibility index (Phi) is 3.86. The number of halogens is 1. The summed E-state index contributed by atoms with van der Waals surface area (Å²) < 4.78 is 15.4. The number of nitrogens with two attached hydrogens (primary N) is 1. The second kappa shape index (κ2) is 5.79. The van der Waals surface area contributed by atoms with E-state index in [2.05, 4.69) is 22.4 Å². The third-order valence-electron chi connectivity index (χ3n) is 4.41. The molecule has 0 bridgehead atoms. The van der Waals surface area contributed by atoms with Gasteiger partial charge in [0.05, 0.1) is 6.04 Å². The van der Waals surface area contributed by atoms with Crippen LogP contribution >= 0.6 is 0 Å². The van der Waals surface area contributed by atoms with Gasteiger partial charge in [0.25, 0.3) is 0 Å². The van der Waals surface area contributed by atoms with Gasteiger partial charge in [0.2, 0.25) is 0 Å². The fourth-order valence-electron chi connectivity index (χ4n) is 3.17. The molecule has 0 aliphatic heterocycles. The van der Waals surface area contributed by atoms with Gasteiger partial charge in [-0.05, 0) is 60.2 Å². The van der Waals surface area contributed by atoms with Gasteiger partial charge in [0.1, 0.15) is 5.82 Å². The van der Waals surface area contributed by atoms with E-state index in [1.807, 2.05) is 4.68 Å². The summed E-state index contributed by atoms with van der Waals surface area (Å²) >= 11 is 0. The third-order valence-corrected chi connectivity index (χ3v) is 4.41. The molecule has 1 aliphatic rings. The molecule has 1 fully saturated rings. The molecule has 0 unspecified atom stereocenters. The van der Waals surface area contributed by atoms with Crippen LogP contribution in [0.4, 0.5) is 10.1 Å². The van der Waals surface area contributed by atoms with E-state index < -0.39 is 0 Å². The quantitative estimate of drug-likeness (QED) is 0.881. The Bertz CT molecular complexity index is 596. The molecule has 2 aromatic rings. The van der Waals surface area contributed by atoms with Crippen molar-refractivity contribution in [2.24, 2.45) is 5.92 Å². The fraction of sp³-hybridized carbons (Fsp3) is 0.533. The summed E-state index contributed by atoms with van der Waals surface area (Å²) in [5.41, 5.74) is 6.73. The molecule has 1 aliphatic carbocycles.